The van der Waals surface area contributed by atoms with Crippen LogP contribution in [0.15, 0.2) is 36.9 Å². The maximum Gasteiger partial charge on any atom is 0.490 e. The van der Waals surface area contributed by atoms with Crippen LogP contribution >= 0.6 is 0 Å². The van der Waals surface area contributed by atoms with E-state index in [0.29, 0.717) is 18.0 Å². The van der Waals surface area contributed by atoms with Gasteiger partial charge in [0.1, 0.15) is 12.7 Å². The maximum absolute atomic E-state index is 10.6. The number of fused-ring (bicyclic) bond motifs is 1. The second-order valence-corrected chi connectivity index (χ2v) is 8.94. The molecule has 2 aromatic rings. The smallest absolute Gasteiger partial charge is 0.475 e. The Balaban J connectivity index is 0.000000317. The summed E-state index contributed by atoms with van der Waals surface area (Å²) in [5.41, 5.74) is 1.99. The Labute approximate surface area is 219 Å². The Hall–Kier alpha value is -3.71. The zero-order valence-electron chi connectivity index (χ0n) is 20.6. The van der Waals surface area contributed by atoms with Gasteiger partial charge in [0.05, 0.1) is 18.2 Å². The van der Waals surface area contributed by atoms with Gasteiger partial charge in [0.25, 0.3) is 0 Å². The van der Waals surface area contributed by atoms with Gasteiger partial charge in [-0.15, -0.1) is 0 Å². The molecule has 0 unspecified atom stereocenters. The van der Waals surface area contributed by atoms with Gasteiger partial charge in [-0.05, 0) is 50.0 Å². The van der Waals surface area contributed by atoms with E-state index in [9.17, 15) is 26.3 Å². The molecule has 3 atom stereocenters. The number of nitriles is 1. The van der Waals surface area contributed by atoms with E-state index < -0.39 is 24.3 Å². The average molecular weight is 564 g/mol. The minimum absolute atomic E-state index is 0.540. The van der Waals surface area contributed by atoms with Crippen LogP contribution in [-0.4, -0.2) is 91.3 Å². The molecule has 0 aliphatic carbocycles. The van der Waals surface area contributed by atoms with Crippen molar-refractivity contribution >= 4 is 11.9 Å². The van der Waals surface area contributed by atoms with E-state index >= 15 is 0 Å². The Morgan fingerprint density at radius 3 is 2.26 bits per heavy atom. The molecule has 2 aliphatic heterocycles. The summed E-state index contributed by atoms with van der Waals surface area (Å²) in [5, 5.41) is 27.6. The van der Waals surface area contributed by atoms with Crippen LogP contribution in [0, 0.1) is 17.2 Å². The standard InChI is InChI=1S/C19H24N6.2C2HF3O2/c1-23-18(12-25-14-21-13-22-25)8-17-11-24(6-5-19(17)23)10-16-4-2-3-15(7-16)9-20;2*3-2(4,5)1(6)7/h2-4,7,13-14,17-19H,5-6,8,10-12H2,1H3;2*(H,6,7)/t17-,18+,19+;;/m1../s1. The fraction of sp³-hybridized carbons (Fsp3) is 0.522. The summed E-state index contributed by atoms with van der Waals surface area (Å²) in [6.07, 6.45) is -4.31. The first-order chi connectivity index (χ1) is 18.1. The van der Waals surface area contributed by atoms with E-state index in [2.05, 4.69) is 39.1 Å². The number of halogens is 6. The lowest BCUT2D eigenvalue weighted by molar-refractivity contribution is -0.193. The molecular formula is C23H26F6N6O4. The topological polar surface area (TPSA) is 136 Å². The van der Waals surface area contributed by atoms with E-state index in [4.69, 9.17) is 25.1 Å². The third kappa shape index (κ3) is 9.84. The van der Waals surface area contributed by atoms with Crippen molar-refractivity contribution in [2.75, 3.05) is 20.1 Å². The van der Waals surface area contributed by atoms with Gasteiger partial charge in [0, 0.05) is 25.2 Å². The van der Waals surface area contributed by atoms with Gasteiger partial charge in [0.15, 0.2) is 0 Å². The zero-order chi connectivity index (χ0) is 29.4. The molecule has 10 nitrogen and oxygen atoms in total. The van der Waals surface area contributed by atoms with Crippen LogP contribution in [0.2, 0.25) is 0 Å². The van der Waals surface area contributed by atoms with Gasteiger partial charge in [-0.3, -0.25) is 14.5 Å². The number of carbonyl (C=O) groups is 2. The van der Waals surface area contributed by atoms with Crippen molar-refractivity contribution in [2.45, 2.75) is 50.4 Å². The molecule has 2 saturated heterocycles. The average Bonchev–Trinajstić information content (AvgIpc) is 3.47. The molecule has 214 valence electrons. The van der Waals surface area contributed by atoms with Crippen LogP contribution in [0.25, 0.3) is 0 Å². The predicted molar refractivity (Wildman–Crippen MR) is 122 cm³/mol. The first kappa shape index (κ1) is 31.5. The Kier molecular flexibility index (Phi) is 10.8. The summed E-state index contributed by atoms with van der Waals surface area (Å²) in [6.45, 7) is 4.13. The monoisotopic (exact) mass is 564 g/mol. The number of rotatable bonds is 4. The lowest BCUT2D eigenvalue weighted by atomic mass is 9.92. The normalized spacial score (nSPS) is 21.4. The molecule has 0 bridgehead atoms. The van der Waals surface area contributed by atoms with E-state index in [1.807, 2.05) is 29.2 Å². The Morgan fingerprint density at radius 1 is 1.13 bits per heavy atom. The number of nitrogens with zero attached hydrogens (tertiary/aromatic N) is 6. The quantitative estimate of drug-likeness (QED) is 0.537. The number of carboxylic acids is 2. The molecule has 2 aliphatic rings. The molecule has 0 radical (unpaired) electrons. The third-order valence-corrected chi connectivity index (χ3v) is 6.26. The number of hydrogen-bond acceptors (Lipinski definition) is 7. The van der Waals surface area contributed by atoms with Crippen molar-refractivity contribution in [1.82, 2.24) is 24.6 Å². The largest absolute Gasteiger partial charge is 0.490 e. The fourth-order valence-electron chi connectivity index (χ4n) is 4.54. The van der Waals surface area contributed by atoms with Gasteiger partial charge in [-0.2, -0.15) is 36.7 Å². The molecule has 39 heavy (non-hydrogen) atoms. The Morgan fingerprint density at radius 2 is 1.74 bits per heavy atom. The number of likely N-dealkylation sites (N-methyl/N-ethyl adjacent to an activating group) is 1. The first-order valence-electron chi connectivity index (χ1n) is 11.5. The second kappa shape index (κ2) is 13.4. The van der Waals surface area contributed by atoms with Gasteiger partial charge in [-0.25, -0.2) is 14.6 Å². The number of carboxylic acid groups (broad SMARTS) is 2. The van der Waals surface area contributed by atoms with E-state index in [1.54, 1.807) is 6.33 Å². The molecule has 1 aromatic carbocycles. The van der Waals surface area contributed by atoms with Crippen LogP contribution in [0.5, 0.6) is 0 Å². The molecule has 2 N–H and O–H groups in total. The van der Waals surface area contributed by atoms with Crippen molar-refractivity contribution in [3.8, 4) is 6.07 Å². The summed E-state index contributed by atoms with van der Waals surface area (Å²) < 4.78 is 65.4. The number of benzene rings is 1. The summed E-state index contributed by atoms with van der Waals surface area (Å²) >= 11 is 0. The third-order valence-electron chi connectivity index (χ3n) is 6.26. The van der Waals surface area contributed by atoms with Gasteiger partial charge >= 0.3 is 24.3 Å². The lowest BCUT2D eigenvalue weighted by Crippen LogP contribution is -2.45. The summed E-state index contributed by atoms with van der Waals surface area (Å²) in [5.74, 6) is -4.80. The van der Waals surface area contributed by atoms with Gasteiger partial charge in [-0.1, -0.05) is 12.1 Å². The van der Waals surface area contributed by atoms with E-state index in [0.717, 1.165) is 31.7 Å². The Bertz CT molecular complexity index is 1110. The molecule has 3 heterocycles. The summed E-state index contributed by atoms with van der Waals surface area (Å²) in [6, 6.07) is 11.4. The van der Waals surface area contributed by atoms with Crippen LogP contribution < -0.4 is 0 Å². The summed E-state index contributed by atoms with van der Waals surface area (Å²) in [7, 11) is 2.26. The van der Waals surface area contributed by atoms with Crippen LogP contribution in [0.1, 0.15) is 24.0 Å². The van der Waals surface area contributed by atoms with Crippen molar-refractivity contribution < 1.29 is 46.1 Å². The second-order valence-electron chi connectivity index (χ2n) is 8.94. The van der Waals surface area contributed by atoms with Crippen LogP contribution in [0.3, 0.4) is 0 Å². The highest BCUT2D eigenvalue weighted by molar-refractivity contribution is 5.73. The van der Waals surface area contributed by atoms with Crippen LogP contribution in [0.4, 0.5) is 26.3 Å². The van der Waals surface area contributed by atoms with Gasteiger partial charge in [0.2, 0.25) is 0 Å². The summed E-state index contributed by atoms with van der Waals surface area (Å²) in [4.78, 5) is 26.9. The predicted octanol–water partition coefficient (Wildman–Crippen LogP) is 3.01. The van der Waals surface area contributed by atoms with Crippen molar-refractivity contribution in [3.63, 3.8) is 0 Å². The van der Waals surface area contributed by atoms with Crippen molar-refractivity contribution in [3.05, 3.63) is 48.0 Å². The number of alkyl halides is 6. The number of piperidine rings is 1. The highest BCUT2D eigenvalue weighted by Gasteiger charge is 2.42. The van der Waals surface area contributed by atoms with Gasteiger partial charge < -0.3 is 10.2 Å². The zero-order valence-corrected chi connectivity index (χ0v) is 20.6. The molecular weight excluding hydrogens is 538 g/mol. The number of aromatic nitrogens is 3. The molecule has 4 rings (SSSR count). The highest BCUT2D eigenvalue weighted by atomic mass is 19.4. The molecule has 16 heteroatoms. The highest BCUT2D eigenvalue weighted by Crippen LogP contribution is 2.35. The van der Waals surface area contributed by atoms with Crippen molar-refractivity contribution in [1.29, 1.82) is 5.26 Å². The SMILES string of the molecule is CN1[C@H](Cn2cncn2)C[C@@H]2CN(Cc3cccc(C#N)c3)CC[C@@H]21.O=C(O)C(F)(F)F.O=C(O)C(F)(F)F. The first-order valence-corrected chi connectivity index (χ1v) is 11.5. The molecule has 0 spiro atoms. The van der Waals surface area contributed by atoms with Crippen LogP contribution in [-0.2, 0) is 22.7 Å². The lowest BCUT2D eigenvalue weighted by Gasteiger charge is -2.37. The number of hydrogen-bond donors (Lipinski definition) is 2. The minimum Gasteiger partial charge on any atom is -0.475 e. The minimum atomic E-state index is -5.08. The van der Waals surface area contributed by atoms with Crippen molar-refractivity contribution in [2.24, 2.45) is 5.92 Å². The van der Waals surface area contributed by atoms with E-state index in [1.165, 1.54) is 18.4 Å². The maximum atomic E-state index is 10.6. The fourth-order valence-corrected chi connectivity index (χ4v) is 4.54. The molecule has 1 aromatic heterocycles. The number of likely N-dealkylation sites (tertiary alicyclic amines) is 2. The molecule has 2 fully saturated rings. The molecule has 0 saturated carbocycles. The van der Waals surface area contributed by atoms with E-state index in [-0.39, 0.29) is 0 Å². The molecule has 0 amide bonds. The number of aliphatic carboxylic acids is 2.